The molecule has 1 heterocycles. The van der Waals surface area contributed by atoms with Crippen molar-refractivity contribution in [2.24, 2.45) is 17.6 Å². The normalized spacial score (nSPS) is 24.5. The molecule has 3 atom stereocenters. The molecule has 3 aliphatic carbocycles. The van der Waals surface area contributed by atoms with Gasteiger partial charge in [-0.25, -0.2) is 4.98 Å². The molecule has 0 bridgehead atoms. The predicted molar refractivity (Wildman–Crippen MR) is 137 cm³/mol. The van der Waals surface area contributed by atoms with Gasteiger partial charge in [0.15, 0.2) is 11.4 Å². The molecule has 5 rings (SSSR count). The standard InChI is InChI=1S/C27H28N4O7/c1-31(2)16-9-13(11-30-18-5-3-4-6-29-18)22(33)20-15(16)8-12-7-14-10-17(32)21(26(28)37)25(36)27(14,38)24(35)19(12)23(20)34/h3-6,9,12,14,32-33,35,38H,7-8,10-11H2,1-2H3,(H2,28,37)(H,29,30)/t12-,14+,27+/m1/s1. The molecule has 11 nitrogen and oxygen atoms in total. The molecule has 38 heavy (non-hydrogen) atoms. The van der Waals surface area contributed by atoms with E-state index in [0.717, 1.165) is 0 Å². The van der Waals surface area contributed by atoms with Gasteiger partial charge < -0.3 is 36.4 Å². The molecule has 198 valence electrons. The Bertz CT molecular complexity index is 1450. The number of ketones is 2. The average molecular weight is 521 g/mol. The molecule has 7 N–H and O–H groups in total. The van der Waals surface area contributed by atoms with Crippen LogP contribution in [0.1, 0.15) is 34.3 Å². The van der Waals surface area contributed by atoms with Gasteiger partial charge in [-0.1, -0.05) is 6.07 Å². The number of amides is 1. The number of aromatic nitrogens is 1. The Morgan fingerprint density at radius 3 is 2.58 bits per heavy atom. The van der Waals surface area contributed by atoms with Gasteiger partial charge >= 0.3 is 0 Å². The Kier molecular flexibility index (Phi) is 5.90. The van der Waals surface area contributed by atoms with Crippen LogP contribution in [0.2, 0.25) is 0 Å². The number of nitrogens with one attached hydrogen (secondary N) is 1. The maximum Gasteiger partial charge on any atom is 0.255 e. The van der Waals surface area contributed by atoms with E-state index in [1.807, 2.05) is 19.0 Å². The lowest BCUT2D eigenvalue weighted by atomic mass is 9.60. The Balaban J connectivity index is 1.62. The first kappa shape index (κ1) is 25.3. The van der Waals surface area contributed by atoms with Gasteiger partial charge in [-0.2, -0.15) is 0 Å². The molecule has 0 saturated heterocycles. The van der Waals surface area contributed by atoms with Crippen LogP contribution in [-0.2, 0) is 22.6 Å². The highest BCUT2D eigenvalue weighted by atomic mass is 16.3. The number of hydrogen-bond acceptors (Lipinski definition) is 10. The zero-order valence-corrected chi connectivity index (χ0v) is 20.9. The first-order valence-electron chi connectivity index (χ1n) is 12.1. The molecule has 0 aliphatic heterocycles. The van der Waals surface area contributed by atoms with Crippen molar-refractivity contribution < 1.29 is 34.8 Å². The Morgan fingerprint density at radius 2 is 1.95 bits per heavy atom. The Morgan fingerprint density at radius 1 is 1.21 bits per heavy atom. The van der Waals surface area contributed by atoms with Gasteiger partial charge in [0.05, 0.1) is 5.56 Å². The van der Waals surface area contributed by atoms with Crippen LogP contribution < -0.4 is 16.0 Å². The number of carbonyl (C=O) groups excluding carboxylic acids is 3. The van der Waals surface area contributed by atoms with E-state index in [-0.39, 0.29) is 42.7 Å². The van der Waals surface area contributed by atoms with Crippen LogP contribution in [0.25, 0.3) is 0 Å². The highest BCUT2D eigenvalue weighted by Crippen LogP contribution is 2.52. The second-order valence-corrected chi connectivity index (χ2v) is 10.1. The number of primary amides is 1. The number of allylic oxidation sites excluding steroid dienone is 2. The van der Waals surface area contributed by atoms with Crippen LogP contribution in [0, 0.1) is 11.8 Å². The van der Waals surface area contributed by atoms with Crippen LogP contribution in [0.3, 0.4) is 0 Å². The van der Waals surface area contributed by atoms with Gasteiger partial charge in [-0.3, -0.25) is 14.4 Å². The van der Waals surface area contributed by atoms with E-state index in [0.29, 0.717) is 22.6 Å². The minimum absolute atomic E-state index is 0.0226. The van der Waals surface area contributed by atoms with Crippen LogP contribution >= 0.6 is 0 Å². The van der Waals surface area contributed by atoms with E-state index >= 15 is 0 Å². The van der Waals surface area contributed by atoms with E-state index in [4.69, 9.17) is 5.73 Å². The number of carbonyl (C=O) groups is 3. The van der Waals surface area contributed by atoms with Crippen LogP contribution in [0.5, 0.6) is 5.75 Å². The van der Waals surface area contributed by atoms with Gasteiger partial charge in [0.2, 0.25) is 5.78 Å². The third-order valence-corrected chi connectivity index (χ3v) is 7.72. The number of pyridine rings is 1. The molecule has 0 fully saturated rings. The van der Waals surface area contributed by atoms with Gasteiger partial charge in [-0.15, -0.1) is 0 Å². The zero-order chi connectivity index (χ0) is 27.5. The molecule has 11 heteroatoms. The number of anilines is 2. The Hall–Kier alpha value is -4.38. The van der Waals surface area contributed by atoms with Gasteiger partial charge in [0, 0.05) is 56.0 Å². The van der Waals surface area contributed by atoms with Crippen molar-refractivity contribution in [2.75, 3.05) is 24.3 Å². The molecule has 1 amide bonds. The number of Topliss-reactive ketones (excluding diaryl/α,β-unsaturated/α-hetero) is 2. The van der Waals surface area contributed by atoms with E-state index in [2.05, 4.69) is 10.3 Å². The summed E-state index contributed by atoms with van der Waals surface area (Å²) in [5.74, 6) is -5.89. The quantitative estimate of drug-likeness (QED) is 0.317. The molecule has 0 unspecified atom stereocenters. The predicted octanol–water partition coefficient (Wildman–Crippen LogP) is 1.65. The molecular weight excluding hydrogens is 492 g/mol. The van der Waals surface area contributed by atoms with Crippen molar-refractivity contribution in [3.63, 3.8) is 0 Å². The van der Waals surface area contributed by atoms with E-state index in [9.17, 15) is 34.8 Å². The van der Waals surface area contributed by atoms with Crippen LogP contribution in [-0.4, -0.2) is 62.6 Å². The summed E-state index contributed by atoms with van der Waals surface area (Å²) in [5, 5.41) is 47.3. The number of aliphatic hydroxyl groups is 3. The second-order valence-electron chi connectivity index (χ2n) is 10.1. The summed E-state index contributed by atoms with van der Waals surface area (Å²) in [5.41, 5.74) is 3.33. The van der Waals surface area contributed by atoms with E-state index < -0.39 is 52.0 Å². The summed E-state index contributed by atoms with van der Waals surface area (Å²) in [7, 11) is 3.62. The number of aromatic hydroxyl groups is 1. The summed E-state index contributed by atoms with van der Waals surface area (Å²) in [6, 6.07) is 7.11. The summed E-state index contributed by atoms with van der Waals surface area (Å²) in [6.07, 6.45) is 1.67. The smallest absolute Gasteiger partial charge is 0.255 e. The summed E-state index contributed by atoms with van der Waals surface area (Å²) in [6.45, 7) is 0.148. The fraction of sp³-hybridized carbons (Fsp3) is 0.333. The van der Waals surface area contributed by atoms with E-state index in [1.54, 1.807) is 30.5 Å². The van der Waals surface area contributed by atoms with Crippen molar-refractivity contribution in [2.45, 2.75) is 31.4 Å². The Labute approximate surface area is 217 Å². The van der Waals surface area contributed by atoms with Gasteiger partial charge in [0.1, 0.15) is 28.7 Å². The maximum atomic E-state index is 13.9. The minimum Gasteiger partial charge on any atom is -0.511 e. The summed E-state index contributed by atoms with van der Waals surface area (Å²) < 4.78 is 0. The zero-order valence-electron chi connectivity index (χ0n) is 20.9. The number of hydrogen-bond donors (Lipinski definition) is 6. The highest BCUT2D eigenvalue weighted by molar-refractivity contribution is 6.24. The third-order valence-electron chi connectivity index (χ3n) is 7.72. The number of phenols is 1. The lowest BCUT2D eigenvalue weighted by molar-refractivity contribution is -0.144. The lowest BCUT2D eigenvalue weighted by Crippen LogP contribution is -2.57. The average Bonchev–Trinajstić information content (AvgIpc) is 2.86. The molecule has 0 saturated carbocycles. The lowest BCUT2D eigenvalue weighted by Gasteiger charge is -2.46. The van der Waals surface area contributed by atoms with Crippen molar-refractivity contribution in [1.29, 1.82) is 0 Å². The topological polar surface area (TPSA) is 186 Å². The summed E-state index contributed by atoms with van der Waals surface area (Å²) in [4.78, 5) is 44.8. The van der Waals surface area contributed by atoms with Crippen molar-refractivity contribution in [3.05, 3.63) is 69.8 Å². The first-order valence-corrected chi connectivity index (χ1v) is 12.1. The minimum atomic E-state index is -2.59. The monoisotopic (exact) mass is 520 g/mol. The van der Waals surface area contributed by atoms with Crippen molar-refractivity contribution >= 4 is 29.0 Å². The van der Waals surface area contributed by atoms with E-state index in [1.165, 1.54) is 0 Å². The highest BCUT2D eigenvalue weighted by Gasteiger charge is 2.59. The molecule has 3 aliphatic rings. The number of nitrogens with zero attached hydrogens (tertiary/aromatic N) is 2. The number of nitrogens with two attached hydrogens (primary N) is 1. The molecular formula is C27H28N4O7. The molecule has 1 aromatic heterocycles. The van der Waals surface area contributed by atoms with Gasteiger partial charge in [-0.05, 0) is 42.5 Å². The number of rotatable bonds is 5. The molecule has 1 aromatic carbocycles. The third kappa shape index (κ3) is 3.61. The number of aliphatic hydroxyl groups excluding tert-OH is 2. The SMILES string of the molecule is CN(C)c1cc(CNc2ccccn2)c(O)c2c1C[C@H]1C[C@H]3CC(O)=C(C(N)=O)C(=O)[C@@]3(O)C(O)=C1C2=O. The van der Waals surface area contributed by atoms with Crippen molar-refractivity contribution in [1.82, 2.24) is 4.98 Å². The van der Waals surface area contributed by atoms with Crippen LogP contribution in [0.4, 0.5) is 11.5 Å². The van der Waals surface area contributed by atoms with Crippen LogP contribution in [0.15, 0.2) is 53.1 Å². The van der Waals surface area contributed by atoms with Crippen molar-refractivity contribution in [3.8, 4) is 5.75 Å². The fourth-order valence-corrected chi connectivity index (χ4v) is 5.91. The second kappa shape index (κ2) is 8.88. The summed E-state index contributed by atoms with van der Waals surface area (Å²) >= 11 is 0. The first-order chi connectivity index (χ1) is 18.0. The van der Waals surface area contributed by atoms with Gasteiger partial charge in [0.25, 0.3) is 5.91 Å². The molecule has 0 spiro atoms. The fourth-order valence-electron chi connectivity index (χ4n) is 5.91. The number of benzene rings is 1. The molecule has 2 aromatic rings. The molecule has 0 radical (unpaired) electrons. The largest absolute Gasteiger partial charge is 0.511 e. The number of phenolic OH excluding ortho intramolecular Hbond substituents is 1. The maximum absolute atomic E-state index is 13.9. The number of fused-ring (bicyclic) bond motifs is 3.